The van der Waals surface area contributed by atoms with Gasteiger partial charge in [0.15, 0.2) is 0 Å². The van der Waals surface area contributed by atoms with Crippen LogP contribution in [0.3, 0.4) is 0 Å². The molecule has 8 nitrogen and oxygen atoms in total. The molecule has 0 aliphatic carbocycles. The Kier molecular flexibility index (Phi) is 9.51. The number of hydrogen-bond donors (Lipinski definition) is 0. The Labute approximate surface area is 248 Å². The summed E-state index contributed by atoms with van der Waals surface area (Å²) in [5.74, 6) is 1.34. The molecule has 0 radical (unpaired) electrons. The highest BCUT2D eigenvalue weighted by Crippen LogP contribution is 2.41. The summed E-state index contributed by atoms with van der Waals surface area (Å²) < 4.78 is 6.20. The van der Waals surface area contributed by atoms with E-state index in [1.165, 1.54) is 23.0 Å². The van der Waals surface area contributed by atoms with E-state index < -0.39 is 0 Å². The number of aromatic nitrogens is 2. The van der Waals surface area contributed by atoms with Crippen LogP contribution in [0.1, 0.15) is 49.4 Å². The van der Waals surface area contributed by atoms with Crippen molar-refractivity contribution in [2.45, 2.75) is 74.6 Å². The van der Waals surface area contributed by atoms with Crippen molar-refractivity contribution in [1.82, 2.24) is 19.8 Å². The molecule has 4 atom stereocenters. The summed E-state index contributed by atoms with van der Waals surface area (Å²) >= 11 is 2.00. The van der Waals surface area contributed by atoms with Gasteiger partial charge < -0.3 is 19.4 Å². The van der Waals surface area contributed by atoms with E-state index in [1.807, 2.05) is 11.8 Å². The summed E-state index contributed by atoms with van der Waals surface area (Å²) in [6.45, 7) is 11.5. The first-order valence-corrected chi connectivity index (χ1v) is 15.8. The van der Waals surface area contributed by atoms with Crippen molar-refractivity contribution in [3.63, 3.8) is 0 Å². The largest absolute Gasteiger partial charge is 0.462 e. The predicted octanol–water partition coefficient (Wildman–Crippen LogP) is 4.66. The lowest BCUT2D eigenvalue weighted by Crippen LogP contribution is -2.55. The first-order valence-electron chi connectivity index (χ1n) is 14.9. The third-order valence-corrected chi connectivity index (χ3v) is 10.6. The Morgan fingerprint density at radius 3 is 2.83 bits per heavy atom. The lowest BCUT2D eigenvalue weighted by atomic mass is 9.93. The van der Waals surface area contributed by atoms with Crippen LogP contribution in [-0.2, 0) is 17.6 Å². The molecule has 1 amide bonds. The van der Waals surface area contributed by atoms with Gasteiger partial charge in [-0.05, 0) is 76.2 Å². The molecule has 0 saturated carbocycles. The third kappa shape index (κ3) is 6.70. The minimum absolute atomic E-state index is 0.128. The Bertz CT molecular complexity index is 1300. The van der Waals surface area contributed by atoms with E-state index in [1.54, 1.807) is 4.90 Å². The molecule has 4 heterocycles. The summed E-state index contributed by atoms with van der Waals surface area (Å²) in [5, 5.41) is 10.0. The van der Waals surface area contributed by atoms with Gasteiger partial charge in [-0.1, -0.05) is 31.7 Å². The van der Waals surface area contributed by atoms with E-state index in [-0.39, 0.29) is 18.4 Å². The van der Waals surface area contributed by atoms with E-state index in [0.29, 0.717) is 49.5 Å². The highest BCUT2D eigenvalue weighted by atomic mass is 32.2. The number of piperazine rings is 1. The van der Waals surface area contributed by atoms with Gasteiger partial charge in [0.2, 0.25) is 5.91 Å². The number of ether oxygens (including phenoxy) is 1. The minimum atomic E-state index is -0.218. The Morgan fingerprint density at radius 2 is 2.07 bits per heavy atom. The summed E-state index contributed by atoms with van der Waals surface area (Å²) in [5.41, 5.74) is 3.53. The van der Waals surface area contributed by atoms with Crippen molar-refractivity contribution in [1.29, 1.82) is 5.26 Å². The maximum atomic E-state index is 12.5. The fourth-order valence-electron chi connectivity index (χ4n) is 6.45. The first kappa shape index (κ1) is 29.4. The van der Waals surface area contributed by atoms with Crippen LogP contribution in [0.5, 0.6) is 6.01 Å². The van der Waals surface area contributed by atoms with Crippen LogP contribution in [0.2, 0.25) is 0 Å². The van der Waals surface area contributed by atoms with Gasteiger partial charge in [0, 0.05) is 47.1 Å². The predicted molar refractivity (Wildman–Crippen MR) is 163 cm³/mol. The second-order valence-electron chi connectivity index (χ2n) is 11.7. The highest BCUT2D eigenvalue weighted by molar-refractivity contribution is 8.00. The Morgan fingerprint density at radius 1 is 1.24 bits per heavy atom. The summed E-state index contributed by atoms with van der Waals surface area (Å²) in [6.07, 6.45) is 6.91. The van der Waals surface area contributed by atoms with Gasteiger partial charge in [0.1, 0.15) is 12.4 Å². The average Bonchev–Trinajstić information content (AvgIpc) is 3.39. The van der Waals surface area contributed by atoms with Crippen LogP contribution in [0.25, 0.3) is 0 Å². The molecule has 1 aromatic heterocycles. The molecule has 0 spiro atoms. The minimum Gasteiger partial charge on any atom is -0.462 e. The molecule has 9 heteroatoms. The molecule has 218 valence electrons. The van der Waals surface area contributed by atoms with Gasteiger partial charge in [0.25, 0.3) is 0 Å². The second-order valence-corrected chi connectivity index (χ2v) is 12.9. The number of hydrogen-bond acceptors (Lipinski definition) is 8. The van der Waals surface area contributed by atoms with Crippen molar-refractivity contribution in [2.24, 2.45) is 5.92 Å². The molecule has 5 rings (SSSR count). The number of aryl methyl sites for hydroxylation is 1. The van der Waals surface area contributed by atoms with Crippen LogP contribution in [0.4, 0.5) is 5.82 Å². The quantitative estimate of drug-likeness (QED) is 0.400. The number of rotatable bonds is 9. The number of carbonyl (C=O) groups excluding carboxylic acids is 1. The maximum absolute atomic E-state index is 12.5. The van der Waals surface area contributed by atoms with Crippen LogP contribution in [0.15, 0.2) is 41.8 Å². The van der Waals surface area contributed by atoms with Crippen LogP contribution in [-0.4, -0.2) is 82.8 Å². The maximum Gasteiger partial charge on any atom is 0.318 e. The number of nitrogens with zero attached hydrogens (tertiary/aromatic N) is 6. The molecule has 41 heavy (non-hydrogen) atoms. The van der Waals surface area contributed by atoms with Gasteiger partial charge >= 0.3 is 6.01 Å². The molecule has 2 saturated heterocycles. The fraction of sp³-hybridized carbons (Fsp3) is 0.562. The van der Waals surface area contributed by atoms with Crippen molar-refractivity contribution in [2.75, 3.05) is 44.7 Å². The zero-order chi connectivity index (χ0) is 28.9. The third-order valence-electron chi connectivity index (χ3n) is 8.92. The van der Waals surface area contributed by atoms with Gasteiger partial charge in [-0.2, -0.15) is 10.2 Å². The molecule has 0 N–H and O–H groups in total. The SMILES string of the molecule is C=CC(=O)N1CCN(c2nc(OCC3CCCN3C)nc(C)c2CC[C@H]2Sc3ccccc3CC2C)CC1CC#N. The Balaban J connectivity index is 1.39. The first-order chi connectivity index (χ1) is 19.9. The summed E-state index contributed by atoms with van der Waals surface area (Å²) in [7, 11) is 2.14. The lowest BCUT2D eigenvalue weighted by Gasteiger charge is -2.41. The normalized spacial score (nSPS) is 24.5. The highest BCUT2D eigenvalue weighted by Gasteiger charge is 2.33. The number of fused-ring (bicyclic) bond motifs is 1. The topological polar surface area (TPSA) is 85.6 Å². The zero-order valence-corrected chi connectivity index (χ0v) is 25.4. The van der Waals surface area contributed by atoms with Gasteiger partial charge in [0.05, 0.1) is 18.5 Å². The molecule has 0 bridgehead atoms. The molecule has 2 fully saturated rings. The van der Waals surface area contributed by atoms with E-state index in [2.05, 4.69) is 67.6 Å². The molecule has 2 aromatic rings. The number of likely N-dealkylation sites (tertiary alicyclic amines) is 1. The molecule has 3 aliphatic heterocycles. The number of anilines is 1. The number of benzene rings is 1. The van der Waals surface area contributed by atoms with Gasteiger partial charge in [-0.3, -0.25) is 4.79 Å². The number of thioether (sulfide) groups is 1. The second kappa shape index (κ2) is 13.3. The standard InChI is InChI=1S/C32H42N6O2S/c1-5-30(39)38-18-17-37(20-25(38)14-15-33)31-27(12-13-28-22(2)19-24-9-6-7-11-29(24)41-28)23(3)34-32(35-31)40-21-26-10-8-16-36(26)4/h5-7,9,11,22,25-26,28H,1,8,10,12-14,16-21H2,2-4H3/t22?,25?,26?,28-/m1/s1. The van der Waals surface area contributed by atoms with Crippen LogP contribution < -0.4 is 9.64 Å². The number of likely N-dealkylation sites (N-methyl/N-ethyl adjacent to an activating group) is 1. The molecule has 1 aromatic carbocycles. The van der Waals surface area contributed by atoms with Gasteiger partial charge in [-0.25, -0.2) is 4.98 Å². The van der Waals surface area contributed by atoms with Crippen molar-refractivity contribution >= 4 is 23.5 Å². The zero-order valence-electron chi connectivity index (χ0n) is 24.6. The van der Waals surface area contributed by atoms with E-state index in [4.69, 9.17) is 14.7 Å². The number of carbonyl (C=O) groups is 1. The van der Waals surface area contributed by atoms with Crippen LogP contribution >= 0.6 is 11.8 Å². The average molecular weight is 575 g/mol. The van der Waals surface area contributed by atoms with Gasteiger partial charge in [-0.15, -0.1) is 11.8 Å². The monoisotopic (exact) mass is 574 g/mol. The number of amides is 1. The van der Waals surface area contributed by atoms with E-state index in [9.17, 15) is 10.1 Å². The molecular formula is C32H42N6O2S. The van der Waals surface area contributed by atoms with Crippen LogP contribution in [0, 0.1) is 24.2 Å². The summed E-state index contributed by atoms with van der Waals surface area (Å²) in [6, 6.07) is 11.6. The molecule has 3 unspecified atom stereocenters. The van der Waals surface area contributed by atoms with Crippen molar-refractivity contribution < 1.29 is 9.53 Å². The Hall–Kier alpha value is -3.09. The lowest BCUT2D eigenvalue weighted by molar-refractivity contribution is -0.128. The molecule has 3 aliphatic rings. The molecular weight excluding hydrogens is 532 g/mol. The van der Waals surface area contributed by atoms with E-state index in [0.717, 1.165) is 49.3 Å². The fourth-order valence-corrected chi connectivity index (χ4v) is 7.80. The smallest absolute Gasteiger partial charge is 0.318 e. The number of nitriles is 1. The summed E-state index contributed by atoms with van der Waals surface area (Å²) in [4.78, 5) is 30.1. The van der Waals surface area contributed by atoms with Crippen molar-refractivity contribution in [3.8, 4) is 12.1 Å². The van der Waals surface area contributed by atoms with E-state index >= 15 is 0 Å². The van der Waals surface area contributed by atoms with Crippen molar-refractivity contribution in [3.05, 3.63) is 53.7 Å².